The number of nitrogen functional groups attached to an aromatic ring is 1. The minimum Gasteiger partial charge on any atom is -0.543 e. The van der Waals surface area contributed by atoms with E-state index in [-0.39, 0.29) is 16.4 Å². The Balaban J connectivity index is 1.98. The highest BCUT2D eigenvalue weighted by Gasteiger charge is 2.39. The summed E-state index contributed by atoms with van der Waals surface area (Å²) >= 11 is 0. The molecule has 1 aromatic heterocycles. The molecule has 0 aliphatic rings. The summed E-state index contributed by atoms with van der Waals surface area (Å²) in [5.41, 5.74) is 9.39. The molecular formula is C28H34N4O4Si. The van der Waals surface area contributed by atoms with E-state index >= 15 is 0 Å². The second-order valence-corrected chi connectivity index (χ2v) is 15.0. The summed E-state index contributed by atoms with van der Waals surface area (Å²) in [5.74, 6) is 1.49. The summed E-state index contributed by atoms with van der Waals surface area (Å²) in [5, 5.41) is 20.9. The molecule has 3 aromatic rings. The molecule has 194 valence electrons. The van der Waals surface area contributed by atoms with E-state index in [4.69, 9.17) is 20.0 Å². The molecule has 0 spiro atoms. The van der Waals surface area contributed by atoms with Gasteiger partial charge in [0.2, 0.25) is 0 Å². The molecule has 0 unspecified atom stereocenters. The first-order valence-corrected chi connectivity index (χ1v) is 15.0. The van der Waals surface area contributed by atoms with Gasteiger partial charge in [-0.05, 0) is 60.4 Å². The normalized spacial score (nSPS) is 11.5. The van der Waals surface area contributed by atoms with Crippen molar-refractivity contribution >= 4 is 20.2 Å². The first-order chi connectivity index (χ1) is 17.4. The van der Waals surface area contributed by atoms with Crippen LogP contribution in [-0.2, 0) is 0 Å². The van der Waals surface area contributed by atoms with E-state index in [1.54, 1.807) is 0 Å². The predicted octanol–water partition coefficient (Wildman–Crippen LogP) is 6.29. The highest BCUT2D eigenvalue weighted by Crippen LogP contribution is 2.41. The SMILES string of the molecule is CC(C)(C)[Si](C)(C)Oc1ccccc1-c1cc(-c2cccc(OCCCNC(=O)O)c2)c(C#N)c(N)n1. The van der Waals surface area contributed by atoms with E-state index in [0.29, 0.717) is 36.6 Å². The average Bonchev–Trinajstić information content (AvgIpc) is 2.82. The zero-order valence-corrected chi connectivity index (χ0v) is 23.0. The molecule has 2 aromatic carbocycles. The van der Waals surface area contributed by atoms with Gasteiger partial charge in [0.15, 0.2) is 0 Å². The Bertz CT molecular complexity index is 1310. The third kappa shape index (κ3) is 6.80. The lowest BCUT2D eigenvalue weighted by molar-refractivity contribution is 0.193. The maximum atomic E-state index is 10.6. The fourth-order valence-corrected chi connectivity index (χ4v) is 4.49. The fourth-order valence-electron chi connectivity index (χ4n) is 3.45. The van der Waals surface area contributed by atoms with Crippen molar-refractivity contribution < 1.29 is 19.1 Å². The summed E-state index contributed by atoms with van der Waals surface area (Å²) in [7, 11) is -2.12. The van der Waals surface area contributed by atoms with E-state index in [2.05, 4.69) is 50.2 Å². The van der Waals surface area contributed by atoms with Crippen LogP contribution in [0, 0.1) is 11.3 Å². The van der Waals surface area contributed by atoms with E-state index in [1.165, 1.54) is 0 Å². The molecule has 1 heterocycles. The van der Waals surface area contributed by atoms with Crippen LogP contribution < -0.4 is 20.2 Å². The van der Waals surface area contributed by atoms with Crippen molar-refractivity contribution in [1.82, 2.24) is 10.3 Å². The zero-order chi connectivity index (χ0) is 27.2. The largest absolute Gasteiger partial charge is 0.543 e. The number of anilines is 1. The van der Waals surface area contributed by atoms with Crippen molar-refractivity contribution in [3.05, 3.63) is 60.2 Å². The van der Waals surface area contributed by atoms with Gasteiger partial charge in [-0.1, -0.05) is 45.0 Å². The Morgan fingerprint density at radius 2 is 1.86 bits per heavy atom. The number of carbonyl (C=O) groups is 1. The number of para-hydroxylation sites is 1. The van der Waals surface area contributed by atoms with E-state index < -0.39 is 14.4 Å². The number of nitrogens with zero attached hydrogens (tertiary/aromatic N) is 2. The van der Waals surface area contributed by atoms with Gasteiger partial charge < -0.3 is 25.3 Å². The molecular weight excluding hydrogens is 484 g/mol. The minimum absolute atomic E-state index is 0.0204. The van der Waals surface area contributed by atoms with E-state index in [9.17, 15) is 10.1 Å². The fraction of sp³-hybridized carbons (Fsp3) is 0.321. The van der Waals surface area contributed by atoms with Crippen LogP contribution in [0.2, 0.25) is 18.1 Å². The third-order valence-electron chi connectivity index (χ3n) is 6.50. The number of carboxylic acid groups (broad SMARTS) is 1. The molecule has 9 heteroatoms. The molecule has 0 saturated heterocycles. The predicted molar refractivity (Wildman–Crippen MR) is 148 cm³/mol. The summed E-state index contributed by atoms with van der Waals surface area (Å²) in [6.45, 7) is 11.6. The Kier molecular flexibility index (Phi) is 8.45. The molecule has 0 aliphatic carbocycles. The maximum absolute atomic E-state index is 10.6. The van der Waals surface area contributed by atoms with Crippen molar-refractivity contribution in [2.75, 3.05) is 18.9 Å². The lowest BCUT2D eigenvalue weighted by Crippen LogP contribution is -2.44. The molecule has 0 radical (unpaired) electrons. The number of benzene rings is 2. The summed E-state index contributed by atoms with van der Waals surface area (Å²) in [4.78, 5) is 15.1. The van der Waals surface area contributed by atoms with E-state index in [0.717, 1.165) is 16.9 Å². The van der Waals surface area contributed by atoms with Crippen LogP contribution in [0.4, 0.5) is 10.6 Å². The number of aromatic nitrogens is 1. The number of pyridine rings is 1. The summed E-state index contributed by atoms with van der Waals surface area (Å²) in [6.07, 6.45) is -0.537. The molecule has 3 rings (SSSR count). The average molecular weight is 519 g/mol. The van der Waals surface area contributed by atoms with E-state index in [1.807, 2.05) is 54.6 Å². The van der Waals surface area contributed by atoms with Crippen LogP contribution in [0.25, 0.3) is 22.4 Å². The first kappa shape index (κ1) is 27.6. The van der Waals surface area contributed by atoms with Crippen LogP contribution >= 0.6 is 0 Å². The summed E-state index contributed by atoms with van der Waals surface area (Å²) in [6, 6.07) is 19.2. The van der Waals surface area contributed by atoms with Crippen LogP contribution in [0.15, 0.2) is 54.6 Å². The number of hydrogen-bond donors (Lipinski definition) is 3. The number of nitrogens with two attached hydrogens (primary N) is 1. The van der Waals surface area contributed by atoms with Crippen molar-refractivity contribution in [3.8, 4) is 40.0 Å². The monoisotopic (exact) mass is 518 g/mol. The lowest BCUT2D eigenvalue weighted by atomic mass is 9.98. The van der Waals surface area contributed by atoms with Crippen molar-refractivity contribution in [1.29, 1.82) is 5.26 Å². The maximum Gasteiger partial charge on any atom is 0.404 e. The smallest absolute Gasteiger partial charge is 0.404 e. The Morgan fingerprint density at radius 3 is 2.54 bits per heavy atom. The van der Waals surface area contributed by atoms with Gasteiger partial charge in [0, 0.05) is 17.7 Å². The molecule has 0 bridgehead atoms. The van der Waals surface area contributed by atoms with Gasteiger partial charge in [-0.2, -0.15) is 5.26 Å². The quantitative estimate of drug-likeness (QED) is 0.224. The molecule has 0 aliphatic heterocycles. The van der Waals surface area contributed by atoms with Crippen molar-refractivity contribution in [3.63, 3.8) is 0 Å². The molecule has 1 amide bonds. The van der Waals surface area contributed by atoms with Crippen LogP contribution in [-0.4, -0.2) is 37.7 Å². The second kappa shape index (κ2) is 11.4. The number of ether oxygens (including phenoxy) is 1. The Labute approximate surface area is 219 Å². The molecule has 0 saturated carbocycles. The molecule has 37 heavy (non-hydrogen) atoms. The van der Waals surface area contributed by atoms with Gasteiger partial charge in [-0.25, -0.2) is 9.78 Å². The van der Waals surface area contributed by atoms with Crippen LogP contribution in [0.5, 0.6) is 11.5 Å². The number of nitrogens with one attached hydrogen (secondary N) is 1. The third-order valence-corrected chi connectivity index (χ3v) is 10.8. The minimum atomic E-state index is -2.12. The second-order valence-electron chi connectivity index (χ2n) is 10.2. The highest BCUT2D eigenvalue weighted by atomic mass is 28.4. The topological polar surface area (TPSA) is 130 Å². The van der Waals surface area contributed by atoms with Gasteiger partial charge in [0.25, 0.3) is 8.32 Å². The van der Waals surface area contributed by atoms with Crippen LogP contribution in [0.1, 0.15) is 32.8 Å². The molecule has 0 atom stereocenters. The highest BCUT2D eigenvalue weighted by molar-refractivity contribution is 6.74. The van der Waals surface area contributed by atoms with Gasteiger partial charge in [-0.3, -0.25) is 0 Å². The lowest BCUT2D eigenvalue weighted by Gasteiger charge is -2.37. The van der Waals surface area contributed by atoms with Crippen LogP contribution in [0.3, 0.4) is 0 Å². The van der Waals surface area contributed by atoms with Gasteiger partial charge >= 0.3 is 6.09 Å². The van der Waals surface area contributed by atoms with Crippen molar-refractivity contribution in [2.45, 2.75) is 45.3 Å². The van der Waals surface area contributed by atoms with Gasteiger partial charge in [0.05, 0.1) is 12.3 Å². The molecule has 4 N–H and O–H groups in total. The summed E-state index contributed by atoms with van der Waals surface area (Å²) < 4.78 is 12.4. The number of hydrogen-bond acceptors (Lipinski definition) is 6. The van der Waals surface area contributed by atoms with Gasteiger partial charge in [0.1, 0.15) is 28.9 Å². The Hall–Kier alpha value is -4.03. The Morgan fingerprint density at radius 1 is 1.14 bits per heavy atom. The number of nitriles is 1. The molecule has 0 fully saturated rings. The number of rotatable bonds is 9. The molecule has 8 nitrogen and oxygen atoms in total. The van der Waals surface area contributed by atoms with Crippen molar-refractivity contribution in [2.24, 2.45) is 0 Å². The standard InChI is InChI=1S/C28H34N4O4Si/c1-28(2,3)37(4,5)36-25-13-7-6-12-21(25)24-17-22(23(18-29)26(30)32-24)19-10-8-11-20(16-19)35-15-9-14-31-27(33)34/h6-8,10-13,16-17,31H,9,14-15H2,1-5H3,(H2,30,32)(H,33,34). The first-order valence-electron chi connectivity index (χ1n) is 12.1. The zero-order valence-electron chi connectivity index (χ0n) is 22.0. The number of amides is 1. The van der Waals surface area contributed by atoms with Gasteiger partial charge in [-0.15, -0.1) is 0 Å².